The molecule has 2 amide bonds. The molecule has 1 aliphatic rings. The second-order valence-electron chi connectivity index (χ2n) is 7.35. The normalized spacial score (nSPS) is 15.3. The van der Waals surface area contributed by atoms with Gasteiger partial charge in [0.1, 0.15) is 6.04 Å². The van der Waals surface area contributed by atoms with E-state index in [0.29, 0.717) is 19.8 Å². The van der Waals surface area contributed by atoms with Crippen LogP contribution in [0.15, 0.2) is 46.9 Å². The lowest BCUT2D eigenvalue weighted by Gasteiger charge is -2.25. The van der Waals surface area contributed by atoms with Crippen molar-refractivity contribution in [3.63, 3.8) is 0 Å². The van der Waals surface area contributed by atoms with Crippen molar-refractivity contribution in [2.45, 2.75) is 19.9 Å². The molecule has 0 saturated carbocycles. The van der Waals surface area contributed by atoms with Gasteiger partial charge in [-0.3, -0.25) is 14.5 Å². The van der Waals surface area contributed by atoms with Crippen LogP contribution in [-0.4, -0.2) is 55.6 Å². The molecule has 0 bridgehead atoms. The van der Waals surface area contributed by atoms with E-state index in [1.54, 1.807) is 6.92 Å². The average molecular weight is 475 g/mol. The van der Waals surface area contributed by atoms with Gasteiger partial charge in [0, 0.05) is 28.9 Å². The summed E-state index contributed by atoms with van der Waals surface area (Å²) in [4.78, 5) is 26.8. The quantitative estimate of drug-likeness (QED) is 0.572. The molecule has 3 rings (SSSR count). The Labute approximate surface area is 185 Å². The van der Waals surface area contributed by atoms with Gasteiger partial charge in [-0.25, -0.2) is 0 Å². The number of nitrogens with zero attached hydrogens (tertiary/aromatic N) is 1. The summed E-state index contributed by atoms with van der Waals surface area (Å²) in [5.41, 5.74) is 3.37. The number of hydrogen-bond donors (Lipinski definition) is 3. The number of carbonyl (C=O) groups is 2. The molecular formula is C22H27BrN4O3. The maximum atomic E-state index is 12.5. The summed E-state index contributed by atoms with van der Waals surface area (Å²) in [5, 5.41) is 8.99. The van der Waals surface area contributed by atoms with Crippen molar-refractivity contribution in [1.29, 1.82) is 0 Å². The van der Waals surface area contributed by atoms with Crippen LogP contribution in [0.3, 0.4) is 0 Å². The largest absolute Gasteiger partial charge is 0.379 e. The fourth-order valence-electron chi connectivity index (χ4n) is 3.09. The number of halogens is 1. The van der Waals surface area contributed by atoms with Crippen LogP contribution in [0.2, 0.25) is 0 Å². The summed E-state index contributed by atoms with van der Waals surface area (Å²) in [5.74, 6) is -0.184. The minimum atomic E-state index is -0.431. The first-order valence-corrected chi connectivity index (χ1v) is 10.7. The minimum absolute atomic E-state index is 0.0472. The van der Waals surface area contributed by atoms with E-state index in [1.165, 1.54) is 0 Å². The SMILES string of the molecule is Cc1ccc(NC(=O)C(C)Nc2ccc(NC(=O)CN3CCOCC3)cc2)c(Br)c1. The van der Waals surface area contributed by atoms with Gasteiger partial charge in [-0.1, -0.05) is 6.07 Å². The van der Waals surface area contributed by atoms with Crippen LogP contribution in [0.5, 0.6) is 0 Å². The Morgan fingerprint density at radius 3 is 2.40 bits per heavy atom. The Morgan fingerprint density at radius 2 is 1.73 bits per heavy atom. The number of anilines is 3. The van der Waals surface area contributed by atoms with E-state index in [1.807, 2.05) is 49.4 Å². The van der Waals surface area contributed by atoms with Gasteiger partial charge in [0.25, 0.3) is 0 Å². The molecule has 3 N–H and O–H groups in total. The summed E-state index contributed by atoms with van der Waals surface area (Å²) < 4.78 is 6.14. The Balaban J connectivity index is 1.49. The number of morpholine rings is 1. The van der Waals surface area contributed by atoms with E-state index in [9.17, 15) is 9.59 Å². The van der Waals surface area contributed by atoms with Gasteiger partial charge in [-0.05, 0) is 71.7 Å². The van der Waals surface area contributed by atoms with Crippen LogP contribution in [0.25, 0.3) is 0 Å². The molecule has 1 aliphatic heterocycles. The van der Waals surface area contributed by atoms with E-state index in [0.717, 1.165) is 40.2 Å². The first kappa shape index (κ1) is 22.3. The summed E-state index contributed by atoms with van der Waals surface area (Å²) >= 11 is 3.47. The number of benzene rings is 2. The molecule has 7 nitrogen and oxygen atoms in total. The Hall–Kier alpha value is -2.42. The number of hydrogen-bond acceptors (Lipinski definition) is 5. The zero-order valence-corrected chi connectivity index (χ0v) is 18.8. The second-order valence-corrected chi connectivity index (χ2v) is 8.21. The smallest absolute Gasteiger partial charge is 0.246 e. The molecule has 1 unspecified atom stereocenters. The van der Waals surface area contributed by atoms with Gasteiger partial charge in [0.05, 0.1) is 25.4 Å². The van der Waals surface area contributed by atoms with Crippen molar-refractivity contribution in [1.82, 2.24) is 4.90 Å². The van der Waals surface area contributed by atoms with E-state index in [-0.39, 0.29) is 11.8 Å². The van der Waals surface area contributed by atoms with Crippen LogP contribution in [0.4, 0.5) is 17.1 Å². The third-order valence-electron chi connectivity index (χ3n) is 4.80. The lowest BCUT2D eigenvalue weighted by molar-refractivity contribution is -0.118. The number of carbonyl (C=O) groups excluding carboxylic acids is 2. The van der Waals surface area contributed by atoms with E-state index < -0.39 is 6.04 Å². The van der Waals surface area contributed by atoms with Crippen LogP contribution < -0.4 is 16.0 Å². The van der Waals surface area contributed by atoms with Crippen LogP contribution >= 0.6 is 15.9 Å². The number of nitrogens with one attached hydrogen (secondary N) is 3. The van der Waals surface area contributed by atoms with Gasteiger partial charge >= 0.3 is 0 Å². The van der Waals surface area contributed by atoms with Crippen LogP contribution in [0.1, 0.15) is 12.5 Å². The number of aryl methyl sites for hydroxylation is 1. The molecule has 1 fully saturated rings. The molecular weight excluding hydrogens is 448 g/mol. The zero-order chi connectivity index (χ0) is 21.5. The topological polar surface area (TPSA) is 82.7 Å². The molecule has 2 aromatic rings. The summed E-state index contributed by atoms with van der Waals surface area (Å²) in [7, 11) is 0. The molecule has 1 saturated heterocycles. The van der Waals surface area contributed by atoms with Gasteiger partial charge in [0.2, 0.25) is 11.8 Å². The Bertz CT molecular complexity index is 882. The molecule has 1 heterocycles. The monoisotopic (exact) mass is 474 g/mol. The van der Waals surface area contributed by atoms with Crippen molar-refractivity contribution >= 4 is 44.8 Å². The highest BCUT2D eigenvalue weighted by Crippen LogP contribution is 2.23. The molecule has 8 heteroatoms. The molecule has 0 spiro atoms. The lowest BCUT2D eigenvalue weighted by Crippen LogP contribution is -2.41. The van der Waals surface area contributed by atoms with Gasteiger partial charge in [0.15, 0.2) is 0 Å². The highest BCUT2D eigenvalue weighted by atomic mass is 79.9. The standard InChI is InChI=1S/C22H27BrN4O3/c1-15-3-8-20(19(23)13-15)26-22(29)16(2)24-17-4-6-18(7-5-17)25-21(28)14-27-9-11-30-12-10-27/h3-8,13,16,24H,9-12,14H2,1-2H3,(H,25,28)(H,26,29). The zero-order valence-electron chi connectivity index (χ0n) is 17.2. The molecule has 1 atom stereocenters. The fourth-order valence-corrected chi connectivity index (χ4v) is 3.68. The molecule has 0 radical (unpaired) electrons. The van der Waals surface area contributed by atoms with Crippen molar-refractivity contribution in [3.05, 3.63) is 52.5 Å². The van der Waals surface area contributed by atoms with E-state index in [2.05, 4.69) is 36.8 Å². The van der Waals surface area contributed by atoms with Crippen LogP contribution in [0, 0.1) is 6.92 Å². The van der Waals surface area contributed by atoms with Crippen molar-refractivity contribution in [2.24, 2.45) is 0 Å². The summed E-state index contributed by atoms with van der Waals surface area (Å²) in [6.07, 6.45) is 0. The van der Waals surface area contributed by atoms with Crippen molar-refractivity contribution in [3.8, 4) is 0 Å². The maximum absolute atomic E-state index is 12.5. The number of amides is 2. The van der Waals surface area contributed by atoms with Crippen molar-refractivity contribution in [2.75, 3.05) is 48.8 Å². The second kappa shape index (κ2) is 10.6. The first-order chi connectivity index (χ1) is 14.4. The molecule has 0 aromatic heterocycles. The predicted molar refractivity (Wildman–Crippen MR) is 123 cm³/mol. The minimum Gasteiger partial charge on any atom is -0.379 e. The molecule has 30 heavy (non-hydrogen) atoms. The van der Waals surface area contributed by atoms with Gasteiger partial charge in [-0.2, -0.15) is 0 Å². The third-order valence-corrected chi connectivity index (χ3v) is 5.45. The Morgan fingerprint density at radius 1 is 1.07 bits per heavy atom. The highest BCUT2D eigenvalue weighted by Gasteiger charge is 2.16. The van der Waals surface area contributed by atoms with Gasteiger partial charge < -0.3 is 20.7 Å². The lowest BCUT2D eigenvalue weighted by atomic mass is 10.2. The van der Waals surface area contributed by atoms with Gasteiger partial charge in [-0.15, -0.1) is 0 Å². The number of ether oxygens (including phenoxy) is 1. The predicted octanol–water partition coefficient (Wildman–Crippen LogP) is 3.47. The first-order valence-electron chi connectivity index (χ1n) is 9.94. The number of rotatable bonds is 7. The highest BCUT2D eigenvalue weighted by molar-refractivity contribution is 9.10. The van der Waals surface area contributed by atoms with Crippen LogP contribution in [-0.2, 0) is 14.3 Å². The molecule has 160 valence electrons. The van der Waals surface area contributed by atoms with E-state index in [4.69, 9.17) is 4.74 Å². The maximum Gasteiger partial charge on any atom is 0.246 e. The third kappa shape index (κ3) is 6.55. The Kier molecular flexibility index (Phi) is 7.84. The summed E-state index contributed by atoms with van der Waals surface area (Å²) in [6.45, 7) is 7.03. The summed E-state index contributed by atoms with van der Waals surface area (Å²) in [6, 6.07) is 12.7. The van der Waals surface area contributed by atoms with E-state index >= 15 is 0 Å². The fraction of sp³-hybridized carbons (Fsp3) is 0.364. The average Bonchev–Trinajstić information content (AvgIpc) is 2.72. The molecule has 2 aromatic carbocycles. The van der Waals surface area contributed by atoms with Crippen molar-refractivity contribution < 1.29 is 14.3 Å². The molecule has 0 aliphatic carbocycles.